The number of carbonyl (C=O) groups excluding carboxylic acids is 2. The quantitative estimate of drug-likeness (QED) is 0.241. The van der Waals surface area contributed by atoms with Crippen LogP contribution in [-0.4, -0.2) is 46.6 Å². The van der Waals surface area contributed by atoms with Gasteiger partial charge in [0.25, 0.3) is 0 Å². The third-order valence-corrected chi connectivity index (χ3v) is 4.90. The molecule has 1 aromatic heterocycles. The van der Waals surface area contributed by atoms with Gasteiger partial charge in [0.15, 0.2) is 11.7 Å². The second kappa shape index (κ2) is 9.90. The number of nitrogens with zero attached hydrogens (tertiary/aromatic N) is 2. The summed E-state index contributed by atoms with van der Waals surface area (Å²) in [5, 5.41) is 9.82. The number of esters is 1. The first kappa shape index (κ1) is 23.4. The number of aliphatic carboxylic acids is 1. The van der Waals surface area contributed by atoms with Gasteiger partial charge in [-0.05, 0) is 55.0 Å². The Morgan fingerprint density at radius 2 is 1.82 bits per heavy atom. The molecule has 1 atom stereocenters. The van der Waals surface area contributed by atoms with Crippen LogP contribution in [0.4, 0.5) is 4.39 Å². The Labute approximate surface area is 188 Å². The normalized spacial score (nSPS) is 12.2. The predicted molar refractivity (Wildman–Crippen MR) is 117 cm³/mol. The zero-order valence-electron chi connectivity index (χ0n) is 18.1. The predicted octanol–water partition coefficient (Wildman–Crippen LogP) is 3.47. The van der Waals surface area contributed by atoms with Crippen molar-refractivity contribution in [1.82, 2.24) is 9.55 Å². The molecule has 0 aliphatic carbocycles. The smallest absolute Gasteiger partial charge is 0.332 e. The Morgan fingerprint density at radius 1 is 1.12 bits per heavy atom. The van der Waals surface area contributed by atoms with E-state index in [1.807, 2.05) is 6.92 Å². The molecule has 0 amide bonds. The van der Waals surface area contributed by atoms with Crippen LogP contribution in [0.25, 0.3) is 11.8 Å². The van der Waals surface area contributed by atoms with E-state index in [0.717, 1.165) is 24.9 Å². The number of carbonyl (C=O) groups is 3. The highest BCUT2D eigenvalue weighted by molar-refractivity contribution is 6.16. The molecule has 9 heteroatoms. The van der Waals surface area contributed by atoms with Crippen LogP contribution >= 0.6 is 0 Å². The van der Waals surface area contributed by atoms with Crippen LogP contribution in [0.15, 0.2) is 60.6 Å². The fourth-order valence-electron chi connectivity index (χ4n) is 3.27. The maximum absolute atomic E-state index is 13.3. The molecule has 0 saturated carbocycles. The van der Waals surface area contributed by atoms with Crippen molar-refractivity contribution in [1.29, 1.82) is 0 Å². The van der Waals surface area contributed by atoms with E-state index in [9.17, 15) is 23.9 Å². The van der Waals surface area contributed by atoms with Gasteiger partial charge < -0.3 is 19.1 Å². The SMILES string of the molecule is COC(=O)C(C(=O)c1ccc(F)cc1)/C(=C\c1ccc(-n2cnc(C)c2)c(OC)c1)C(=O)O. The van der Waals surface area contributed by atoms with Gasteiger partial charge in [0.1, 0.15) is 11.6 Å². The number of carboxylic acids is 1. The van der Waals surface area contributed by atoms with Gasteiger partial charge >= 0.3 is 11.9 Å². The molecule has 0 aliphatic rings. The molecule has 33 heavy (non-hydrogen) atoms. The van der Waals surface area contributed by atoms with Crippen LogP contribution in [0.5, 0.6) is 5.75 Å². The molecule has 170 valence electrons. The molecular weight excluding hydrogens is 431 g/mol. The second-order valence-corrected chi connectivity index (χ2v) is 7.09. The molecule has 0 saturated heterocycles. The number of imidazole rings is 1. The van der Waals surface area contributed by atoms with Crippen molar-refractivity contribution in [3.05, 3.63) is 83.2 Å². The monoisotopic (exact) mass is 452 g/mol. The number of ether oxygens (including phenoxy) is 2. The number of ketones is 1. The van der Waals surface area contributed by atoms with Crippen molar-refractivity contribution in [2.75, 3.05) is 14.2 Å². The van der Waals surface area contributed by atoms with Gasteiger partial charge in [0.2, 0.25) is 0 Å². The minimum absolute atomic E-state index is 0.0256. The zero-order valence-corrected chi connectivity index (χ0v) is 18.1. The number of carboxylic acid groups (broad SMARTS) is 1. The summed E-state index contributed by atoms with van der Waals surface area (Å²) >= 11 is 0. The molecular formula is C24H21FN2O6. The summed E-state index contributed by atoms with van der Waals surface area (Å²) in [5.41, 5.74) is 1.32. The van der Waals surface area contributed by atoms with E-state index in [1.54, 1.807) is 35.3 Å². The van der Waals surface area contributed by atoms with Gasteiger partial charge in [-0.15, -0.1) is 0 Å². The number of rotatable bonds is 8. The lowest BCUT2D eigenvalue weighted by molar-refractivity contribution is -0.145. The summed E-state index contributed by atoms with van der Waals surface area (Å²) in [7, 11) is 2.52. The highest BCUT2D eigenvalue weighted by atomic mass is 19.1. The lowest BCUT2D eigenvalue weighted by Crippen LogP contribution is -2.30. The van der Waals surface area contributed by atoms with Crippen molar-refractivity contribution in [2.45, 2.75) is 6.92 Å². The van der Waals surface area contributed by atoms with E-state index in [1.165, 1.54) is 25.3 Å². The first-order valence-electron chi connectivity index (χ1n) is 9.76. The molecule has 0 radical (unpaired) electrons. The van der Waals surface area contributed by atoms with Gasteiger partial charge in [-0.25, -0.2) is 14.2 Å². The standard InChI is InChI=1S/C24H21FN2O6/c1-14-12-27(13-26-14)19-9-4-15(11-20(19)32-2)10-18(23(29)30)21(24(31)33-3)22(28)16-5-7-17(25)8-6-16/h4-13,21H,1-3H3,(H,29,30)/b18-10+. The van der Waals surface area contributed by atoms with Crippen molar-refractivity contribution in [3.63, 3.8) is 0 Å². The Balaban J connectivity index is 2.07. The highest BCUT2D eigenvalue weighted by Crippen LogP contribution is 2.28. The third kappa shape index (κ3) is 5.15. The molecule has 0 spiro atoms. The summed E-state index contributed by atoms with van der Waals surface area (Å²) in [5.74, 6) is -5.25. The number of Topliss-reactive ketones (excluding diaryl/α,β-unsaturated/α-hetero) is 1. The molecule has 0 aliphatic heterocycles. The molecule has 0 bridgehead atoms. The topological polar surface area (TPSA) is 108 Å². The number of hydrogen-bond donors (Lipinski definition) is 1. The number of benzene rings is 2. The second-order valence-electron chi connectivity index (χ2n) is 7.09. The van der Waals surface area contributed by atoms with Gasteiger partial charge in [-0.3, -0.25) is 9.59 Å². The summed E-state index contributed by atoms with van der Waals surface area (Å²) in [6.07, 6.45) is 4.61. The third-order valence-electron chi connectivity index (χ3n) is 4.90. The number of halogens is 1. The summed E-state index contributed by atoms with van der Waals surface area (Å²) in [4.78, 5) is 41.7. The Hall–Kier alpha value is -4.27. The summed E-state index contributed by atoms with van der Waals surface area (Å²) < 4.78 is 25.1. The van der Waals surface area contributed by atoms with Crippen LogP contribution in [0.1, 0.15) is 21.6 Å². The van der Waals surface area contributed by atoms with E-state index >= 15 is 0 Å². The lowest BCUT2D eigenvalue weighted by Gasteiger charge is -2.15. The molecule has 1 heterocycles. The Bertz CT molecular complexity index is 1230. The van der Waals surface area contributed by atoms with E-state index in [4.69, 9.17) is 9.47 Å². The molecule has 1 N–H and O–H groups in total. The van der Waals surface area contributed by atoms with Gasteiger partial charge in [0.05, 0.1) is 37.5 Å². The van der Waals surface area contributed by atoms with Crippen molar-refractivity contribution in [3.8, 4) is 11.4 Å². The fourth-order valence-corrected chi connectivity index (χ4v) is 3.27. The van der Waals surface area contributed by atoms with Crippen LogP contribution in [0, 0.1) is 18.7 Å². The van der Waals surface area contributed by atoms with Crippen LogP contribution in [0.3, 0.4) is 0 Å². The number of aromatic nitrogens is 2. The van der Waals surface area contributed by atoms with Crippen LogP contribution < -0.4 is 4.74 Å². The molecule has 0 fully saturated rings. The molecule has 2 aromatic carbocycles. The molecule has 3 aromatic rings. The van der Waals surface area contributed by atoms with Gasteiger partial charge in [-0.2, -0.15) is 0 Å². The molecule has 1 unspecified atom stereocenters. The van der Waals surface area contributed by atoms with E-state index < -0.39 is 35.0 Å². The zero-order chi connectivity index (χ0) is 24.1. The summed E-state index contributed by atoms with van der Waals surface area (Å²) in [6.45, 7) is 1.84. The number of aryl methyl sites for hydroxylation is 1. The highest BCUT2D eigenvalue weighted by Gasteiger charge is 2.36. The maximum Gasteiger partial charge on any atom is 0.332 e. The fraction of sp³-hybridized carbons (Fsp3) is 0.167. The number of hydrogen-bond acceptors (Lipinski definition) is 6. The van der Waals surface area contributed by atoms with E-state index in [-0.39, 0.29) is 5.56 Å². The average molecular weight is 452 g/mol. The van der Waals surface area contributed by atoms with Crippen molar-refractivity contribution < 1.29 is 33.4 Å². The molecule has 8 nitrogen and oxygen atoms in total. The number of methoxy groups -OCH3 is 2. The van der Waals surface area contributed by atoms with E-state index in [0.29, 0.717) is 17.0 Å². The van der Waals surface area contributed by atoms with Crippen LogP contribution in [-0.2, 0) is 14.3 Å². The molecule has 3 rings (SSSR count). The lowest BCUT2D eigenvalue weighted by atomic mass is 9.89. The van der Waals surface area contributed by atoms with Crippen LogP contribution in [0.2, 0.25) is 0 Å². The Kier molecular flexibility index (Phi) is 7.02. The minimum Gasteiger partial charge on any atom is -0.495 e. The first-order valence-corrected chi connectivity index (χ1v) is 9.76. The van der Waals surface area contributed by atoms with Gasteiger partial charge in [0, 0.05) is 11.8 Å². The van der Waals surface area contributed by atoms with Crippen molar-refractivity contribution >= 4 is 23.8 Å². The van der Waals surface area contributed by atoms with Crippen molar-refractivity contribution in [2.24, 2.45) is 5.92 Å². The average Bonchev–Trinajstić information content (AvgIpc) is 3.24. The van der Waals surface area contributed by atoms with E-state index in [2.05, 4.69) is 4.98 Å². The first-order chi connectivity index (χ1) is 15.7. The Morgan fingerprint density at radius 3 is 2.36 bits per heavy atom. The minimum atomic E-state index is -1.75. The summed E-state index contributed by atoms with van der Waals surface area (Å²) in [6, 6.07) is 9.34. The largest absolute Gasteiger partial charge is 0.495 e. The van der Waals surface area contributed by atoms with Gasteiger partial charge in [-0.1, -0.05) is 6.07 Å². The maximum atomic E-state index is 13.3.